The Labute approximate surface area is 141 Å². The molecule has 0 spiro atoms. The fraction of sp³-hybridized carbons (Fsp3) is 0.375. The monoisotopic (exact) mass is 357 g/mol. The number of nitrogens with two attached hydrogens (primary N) is 1. The lowest BCUT2D eigenvalue weighted by Crippen LogP contribution is -2.25. The van der Waals surface area contributed by atoms with Gasteiger partial charge in [0.15, 0.2) is 0 Å². The summed E-state index contributed by atoms with van der Waals surface area (Å²) in [5.74, 6) is -0.412. The number of thiazole rings is 1. The maximum Gasteiger partial charge on any atom is 0.416 e. The highest BCUT2D eigenvalue weighted by Crippen LogP contribution is 2.31. The number of carbonyl (C=O) groups excluding carboxylic acids is 1. The van der Waals surface area contributed by atoms with E-state index in [2.05, 4.69) is 10.3 Å². The van der Waals surface area contributed by atoms with Crippen LogP contribution in [0.1, 0.15) is 45.9 Å². The molecule has 1 aromatic carbocycles. The van der Waals surface area contributed by atoms with Gasteiger partial charge in [0.1, 0.15) is 10.7 Å². The van der Waals surface area contributed by atoms with E-state index in [1.807, 2.05) is 6.92 Å². The van der Waals surface area contributed by atoms with Crippen LogP contribution in [-0.2, 0) is 12.7 Å². The van der Waals surface area contributed by atoms with Gasteiger partial charge in [0, 0.05) is 18.5 Å². The van der Waals surface area contributed by atoms with Gasteiger partial charge in [0.25, 0.3) is 5.91 Å². The quantitative estimate of drug-likeness (QED) is 0.831. The van der Waals surface area contributed by atoms with E-state index in [9.17, 15) is 18.0 Å². The van der Waals surface area contributed by atoms with E-state index in [-0.39, 0.29) is 18.4 Å². The molecule has 0 bridgehead atoms. The average molecular weight is 357 g/mol. The van der Waals surface area contributed by atoms with Gasteiger partial charge in [-0.25, -0.2) is 4.98 Å². The van der Waals surface area contributed by atoms with Gasteiger partial charge in [-0.05, 0) is 24.0 Å². The Morgan fingerprint density at radius 1 is 1.42 bits per heavy atom. The second-order valence-electron chi connectivity index (χ2n) is 5.40. The van der Waals surface area contributed by atoms with Gasteiger partial charge in [0.05, 0.1) is 5.56 Å². The molecule has 0 aliphatic rings. The van der Waals surface area contributed by atoms with Crippen molar-refractivity contribution in [2.45, 2.75) is 32.0 Å². The minimum absolute atomic E-state index is 0.109. The lowest BCUT2D eigenvalue weighted by molar-refractivity contribution is -0.137. The number of hydrogen-bond acceptors (Lipinski definition) is 4. The van der Waals surface area contributed by atoms with E-state index in [0.29, 0.717) is 29.2 Å². The number of nitrogens with zero attached hydrogens (tertiary/aromatic N) is 1. The predicted octanol–water partition coefficient (Wildman–Crippen LogP) is 3.54. The van der Waals surface area contributed by atoms with Crippen LogP contribution < -0.4 is 11.1 Å². The van der Waals surface area contributed by atoms with Crippen LogP contribution in [0.3, 0.4) is 0 Å². The number of halogens is 3. The molecule has 4 nitrogen and oxygen atoms in total. The summed E-state index contributed by atoms with van der Waals surface area (Å²) < 4.78 is 38.2. The molecule has 2 aromatic rings. The molecule has 1 aromatic heterocycles. The van der Waals surface area contributed by atoms with Crippen LogP contribution in [0.5, 0.6) is 0 Å². The molecular weight excluding hydrogens is 339 g/mol. The standard InChI is InChI=1S/C16H18F3N3OS/c1-10(11-3-2-4-12(7-11)16(17,18)19)5-6-21-15(23)13-9-24-14(8-20)22-13/h2-4,7,9-10H,5-6,8,20H2,1H3,(H,21,23). The smallest absolute Gasteiger partial charge is 0.351 e. The van der Waals surface area contributed by atoms with Gasteiger partial charge in [0.2, 0.25) is 0 Å². The summed E-state index contributed by atoms with van der Waals surface area (Å²) in [4.78, 5) is 16.0. The summed E-state index contributed by atoms with van der Waals surface area (Å²) in [7, 11) is 0. The van der Waals surface area contributed by atoms with E-state index >= 15 is 0 Å². The Balaban J connectivity index is 1.89. The molecule has 0 saturated carbocycles. The first-order valence-electron chi connectivity index (χ1n) is 7.41. The van der Waals surface area contributed by atoms with Crippen LogP contribution in [0.2, 0.25) is 0 Å². The predicted molar refractivity (Wildman–Crippen MR) is 86.8 cm³/mol. The van der Waals surface area contributed by atoms with Crippen molar-refractivity contribution in [1.82, 2.24) is 10.3 Å². The number of rotatable bonds is 6. The third kappa shape index (κ3) is 4.78. The molecule has 1 amide bonds. The van der Waals surface area contributed by atoms with Gasteiger partial charge in [-0.2, -0.15) is 13.2 Å². The van der Waals surface area contributed by atoms with Crippen LogP contribution in [0.4, 0.5) is 13.2 Å². The molecule has 130 valence electrons. The molecule has 0 radical (unpaired) electrons. The molecule has 0 aliphatic carbocycles. The van der Waals surface area contributed by atoms with Crippen LogP contribution in [-0.4, -0.2) is 17.4 Å². The zero-order valence-corrected chi connectivity index (χ0v) is 13.9. The van der Waals surface area contributed by atoms with Crippen molar-refractivity contribution in [3.8, 4) is 0 Å². The molecule has 2 rings (SSSR count). The third-order valence-corrected chi connectivity index (χ3v) is 4.48. The normalized spacial score (nSPS) is 12.9. The number of carbonyl (C=O) groups is 1. The number of nitrogens with one attached hydrogen (secondary N) is 1. The second kappa shape index (κ2) is 7.76. The molecule has 1 atom stereocenters. The van der Waals surface area contributed by atoms with Crippen molar-refractivity contribution >= 4 is 17.2 Å². The first-order chi connectivity index (χ1) is 11.3. The largest absolute Gasteiger partial charge is 0.416 e. The highest BCUT2D eigenvalue weighted by Gasteiger charge is 2.30. The fourth-order valence-electron chi connectivity index (χ4n) is 2.19. The number of benzene rings is 1. The van der Waals surface area contributed by atoms with Crippen LogP contribution in [0.25, 0.3) is 0 Å². The Hall–Kier alpha value is -1.93. The van der Waals surface area contributed by atoms with Gasteiger partial charge >= 0.3 is 6.18 Å². The Bertz CT molecular complexity index is 700. The minimum atomic E-state index is -4.35. The van der Waals surface area contributed by atoms with Gasteiger partial charge < -0.3 is 11.1 Å². The first kappa shape index (κ1) is 18.4. The van der Waals surface area contributed by atoms with Crippen LogP contribution >= 0.6 is 11.3 Å². The summed E-state index contributed by atoms with van der Waals surface area (Å²) in [6.45, 7) is 2.47. The highest BCUT2D eigenvalue weighted by atomic mass is 32.1. The Kier molecular flexibility index (Phi) is 5.95. The van der Waals surface area contributed by atoms with E-state index in [4.69, 9.17) is 5.73 Å². The van der Waals surface area contributed by atoms with Crippen molar-refractivity contribution in [3.05, 3.63) is 51.5 Å². The summed E-state index contributed by atoms with van der Waals surface area (Å²) in [6, 6.07) is 5.27. The van der Waals surface area contributed by atoms with E-state index < -0.39 is 11.7 Å². The topological polar surface area (TPSA) is 68.0 Å². The summed E-state index contributed by atoms with van der Waals surface area (Å²) in [5, 5.41) is 5.04. The minimum Gasteiger partial charge on any atom is -0.351 e. The highest BCUT2D eigenvalue weighted by molar-refractivity contribution is 7.09. The number of amides is 1. The molecule has 0 fully saturated rings. The van der Waals surface area contributed by atoms with Crippen molar-refractivity contribution < 1.29 is 18.0 Å². The SMILES string of the molecule is CC(CCNC(=O)c1csc(CN)n1)c1cccc(C(F)(F)F)c1. The second-order valence-corrected chi connectivity index (χ2v) is 6.34. The van der Waals surface area contributed by atoms with Gasteiger partial charge in [-0.15, -0.1) is 11.3 Å². The van der Waals surface area contributed by atoms with E-state index in [1.54, 1.807) is 11.4 Å². The summed E-state index contributed by atoms with van der Waals surface area (Å²) in [6.07, 6.45) is -3.82. The van der Waals surface area contributed by atoms with E-state index in [0.717, 1.165) is 12.1 Å². The van der Waals surface area contributed by atoms with Crippen LogP contribution in [0.15, 0.2) is 29.6 Å². The number of aromatic nitrogens is 1. The van der Waals surface area contributed by atoms with Crippen molar-refractivity contribution in [3.63, 3.8) is 0 Å². The molecule has 0 saturated heterocycles. The molecule has 24 heavy (non-hydrogen) atoms. The molecule has 3 N–H and O–H groups in total. The molecule has 1 heterocycles. The lowest BCUT2D eigenvalue weighted by Gasteiger charge is -2.14. The van der Waals surface area contributed by atoms with Gasteiger partial charge in [-0.1, -0.05) is 25.1 Å². The maximum atomic E-state index is 12.7. The zero-order valence-electron chi connectivity index (χ0n) is 13.1. The summed E-state index contributed by atoms with van der Waals surface area (Å²) in [5.41, 5.74) is 5.69. The van der Waals surface area contributed by atoms with E-state index in [1.165, 1.54) is 17.4 Å². The molecule has 0 aliphatic heterocycles. The maximum absolute atomic E-state index is 12.7. The number of alkyl halides is 3. The van der Waals surface area contributed by atoms with Crippen molar-refractivity contribution in [2.75, 3.05) is 6.54 Å². The Morgan fingerprint density at radius 3 is 2.79 bits per heavy atom. The average Bonchev–Trinajstić information content (AvgIpc) is 3.03. The lowest BCUT2D eigenvalue weighted by atomic mass is 9.96. The first-order valence-corrected chi connectivity index (χ1v) is 8.29. The Morgan fingerprint density at radius 2 is 2.17 bits per heavy atom. The van der Waals surface area contributed by atoms with Crippen molar-refractivity contribution in [2.24, 2.45) is 5.73 Å². The fourth-order valence-corrected chi connectivity index (χ4v) is 2.84. The van der Waals surface area contributed by atoms with Gasteiger partial charge in [-0.3, -0.25) is 4.79 Å². The van der Waals surface area contributed by atoms with Crippen LogP contribution in [0, 0.1) is 0 Å². The number of hydrogen-bond donors (Lipinski definition) is 2. The molecule has 8 heteroatoms. The third-order valence-electron chi connectivity index (χ3n) is 3.60. The molecule has 1 unspecified atom stereocenters. The van der Waals surface area contributed by atoms with Crippen molar-refractivity contribution in [1.29, 1.82) is 0 Å². The summed E-state index contributed by atoms with van der Waals surface area (Å²) >= 11 is 1.31. The molecular formula is C16H18F3N3OS. The zero-order chi connectivity index (χ0) is 17.7.